The quantitative estimate of drug-likeness (QED) is 0.526. The monoisotopic (exact) mass is 231 g/mol. The van der Waals surface area contributed by atoms with Gasteiger partial charge in [0.15, 0.2) is 6.04 Å². The van der Waals surface area contributed by atoms with Gasteiger partial charge in [0.2, 0.25) is 0 Å². The van der Waals surface area contributed by atoms with Crippen LogP contribution < -0.4 is 0 Å². The highest BCUT2D eigenvalue weighted by molar-refractivity contribution is 5.81. The number of amides is 1. The van der Waals surface area contributed by atoms with Crippen molar-refractivity contribution in [1.29, 1.82) is 0 Å². The Labute approximate surface area is 91.5 Å². The van der Waals surface area contributed by atoms with Gasteiger partial charge in [-0.3, -0.25) is 4.90 Å². The van der Waals surface area contributed by atoms with Gasteiger partial charge < -0.3 is 20.1 Å². The van der Waals surface area contributed by atoms with Gasteiger partial charge in [-0.2, -0.15) is 0 Å². The molecule has 0 radical (unpaired) electrons. The molecule has 0 saturated carbocycles. The summed E-state index contributed by atoms with van der Waals surface area (Å²) in [4.78, 5) is 23.0. The van der Waals surface area contributed by atoms with Gasteiger partial charge in [-0.15, -0.1) is 0 Å². The first-order chi connectivity index (χ1) is 7.49. The third kappa shape index (κ3) is 2.31. The number of carboxylic acids is 1. The highest BCUT2D eigenvalue weighted by atomic mass is 16.6. The molecule has 1 amide bonds. The molecule has 1 aliphatic rings. The van der Waals surface area contributed by atoms with Crippen molar-refractivity contribution >= 4 is 12.1 Å². The van der Waals surface area contributed by atoms with Crippen LogP contribution in [-0.2, 0) is 9.53 Å². The lowest BCUT2D eigenvalue weighted by Crippen LogP contribution is -2.45. The Morgan fingerprint density at radius 1 is 1.50 bits per heavy atom. The van der Waals surface area contributed by atoms with Crippen molar-refractivity contribution in [3.63, 3.8) is 0 Å². The zero-order valence-corrected chi connectivity index (χ0v) is 8.44. The van der Waals surface area contributed by atoms with E-state index in [0.29, 0.717) is 0 Å². The largest absolute Gasteiger partial charge is 0.480 e. The summed E-state index contributed by atoms with van der Waals surface area (Å²) in [5, 5.41) is 27.5. The molecular formula is C9H13NO6. The summed E-state index contributed by atoms with van der Waals surface area (Å²) in [7, 11) is 0. The van der Waals surface area contributed by atoms with Crippen molar-refractivity contribution in [2.45, 2.75) is 18.2 Å². The van der Waals surface area contributed by atoms with Gasteiger partial charge in [0.1, 0.15) is 18.8 Å². The number of carboxylic acid groups (broad SMARTS) is 1. The molecule has 0 aromatic heterocycles. The number of likely N-dealkylation sites (tertiary alicyclic amines) is 1. The smallest absolute Gasteiger partial charge is 0.411 e. The number of nitrogens with zero attached hydrogens (tertiary/aromatic N) is 1. The number of carbonyl (C=O) groups excluding carboxylic acids is 1. The van der Waals surface area contributed by atoms with Crippen molar-refractivity contribution in [1.82, 2.24) is 4.90 Å². The second kappa shape index (κ2) is 4.95. The third-order valence-electron chi connectivity index (χ3n) is 2.25. The molecular weight excluding hydrogens is 218 g/mol. The molecule has 0 aromatic carbocycles. The van der Waals surface area contributed by atoms with Crippen molar-refractivity contribution < 1.29 is 29.6 Å². The summed E-state index contributed by atoms with van der Waals surface area (Å²) >= 11 is 0. The van der Waals surface area contributed by atoms with Crippen LogP contribution in [0.2, 0.25) is 0 Å². The number of ether oxygens (including phenoxy) is 1. The maximum Gasteiger partial charge on any atom is 0.411 e. The van der Waals surface area contributed by atoms with Crippen LogP contribution in [0.25, 0.3) is 0 Å². The Bertz CT molecular complexity index is 304. The molecule has 0 spiro atoms. The van der Waals surface area contributed by atoms with Crippen LogP contribution in [0, 0.1) is 0 Å². The van der Waals surface area contributed by atoms with Gasteiger partial charge in [0.05, 0.1) is 6.54 Å². The average molecular weight is 231 g/mol. The fraction of sp³-hybridized carbons (Fsp3) is 0.556. The van der Waals surface area contributed by atoms with Crippen LogP contribution in [0.4, 0.5) is 4.79 Å². The normalized spacial score (nSPS) is 28.9. The number of aliphatic hydroxyl groups excluding tert-OH is 2. The second-order valence-electron chi connectivity index (χ2n) is 3.36. The topological polar surface area (TPSA) is 107 Å². The van der Waals surface area contributed by atoms with E-state index in [-0.39, 0.29) is 13.2 Å². The molecule has 0 aromatic rings. The van der Waals surface area contributed by atoms with Crippen LogP contribution in [0.1, 0.15) is 0 Å². The van der Waals surface area contributed by atoms with Crippen LogP contribution in [-0.4, -0.2) is 63.7 Å². The molecule has 3 N–H and O–H groups in total. The van der Waals surface area contributed by atoms with E-state index in [1.165, 1.54) is 6.08 Å². The fourth-order valence-electron chi connectivity index (χ4n) is 1.50. The van der Waals surface area contributed by atoms with E-state index in [9.17, 15) is 19.8 Å². The van der Waals surface area contributed by atoms with Crippen LogP contribution in [0.3, 0.4) is 0 Å². The maximum absolute atomic E-state index is 11.4. The van der Waals surface area contributed by atoms with Gasteiger partial charge in [-0.25, -0.2) is 9.59 Å². The number of hydrogen-bond donors (Lipinski definition) is 3. The standard InChI is InChI=1S/C9H13NO6/c1-2-3-16-9(15)10-4-5(11)7(12)6(10)8(13)14/h2,5-7,11-12H,1,3-4H2,(H,13,14)/t5-,6-,7-/m1/s1. The van der Waals surface area contributed by atoms with Crippen molar-refractivity contribution in [2.24, 2.45) is 0 Å². The van der Waals surface area contributed by atoms with Gasteiger partial charge in [0, 0.05) is 0 Å². The molecule has 16 heavy (non-hydrogen) atoms. The number of aliphatic hydroxyl groups is 2. The van der Waals surface area contributed by atoms with Crippen LogP contribution in [0.15, 0.2) is 12.7 Å². The van der Waals surface area contributed by atoms with Gasteiger partial charge >= 0.3 is 12.1 Å². The zero-order chi connectivity index (χ0) is 12.3. The van der Waals surface area contributed by atoms with Gasteiger partial charge in [-0.1, -0.05) is 12.7 Å². The summed E-state index contributed by atoms with van der Waals surface area (Å²) in [5.41, 5.74) is 0. The molecule has 1 saturated heterocycles. The van der Waals surface area contributed by atoms with Crippen LogP contribution >= 0.6 is 0 Å². The molecule has 0 unspecified atom stereocenters. The summed E-state index contributed by atoms with van der Waals surface area (Å²) in [6.07, 6.45) is -2.36. The van der Waals surface area contributed by atoms with E-state index in [1.807, 2.05) is 0 Å². The Balaban J connectivity index is 2.74. The minimum absolute atomic E-state index is 0.0616. The Kier molecular flexibility index (Phi) is 3.86. The first-order valence-electron chi connectivity index (χ1n) is 4.62. The fourth-order valence-corrected chi connectivity index (χ4v) is 1.50. The summed E-state index contributed by atoms with van der Waals surface area (Å²) in [6, 6.07) is -1.48. The lowest BCUT2D eigenvalue weighted by Gasteiger charge is -2.21. The molecule has 3 atom stereocenters. The van der Waals surface area contributed by atoms with E-state index in [2.05, 4.69) is 11.3 Å². The maximum atomic E-state index is 11.4. The second-order valence-corrected chi connectivity index (χ2v) is 3.36. The molecule has 90 valence electrons. The highest BCUT2D eigenvalue weighted by Crippen LogP contribution is 2.19. The minimum atomic E-state index is -1.51. The number of hydrogen-bond acceptors (Lipinski definition) is 5. The first-order valence-corrected chi connectivity index (χ1v) is 4.62. The lowest BCUT2D eigenvalue weighted by atomic mass is 10.1. The SMILES string of the molecule is C=CCOC(=O)N1C[C@@H](O)[C@@H](O)[C@@H]1C(=O)O. The average Bonchev–Trinajstić information content (AvgIpc) is 2.52. The van der Waals surface area contributed by atoms with Gasteiger partial charge in [0.25, 0.3) is 0 Å². The van der Waals surface area contributed by atoms with Crippen molar-refractivity contribution in [3.8, 4) is 0 Å². The predicted molar refractivity (Wildman–Crippen MR) is 51.7 cm³/mol. The predicted octanol–water partition coefficient (Wildman–Crippen LogP) is -1.20. The molecule has 0 bridgehead atoms. The highest BCUT2D eigenvalue weighted by Gasteiger charge is 2.47. The Hall–Kier alpha value is -1.60. The Morgan fingerprint density at radius 2 is 2.12 bits per heavy atom. The van der Waals surface area contributed by atoms with E-state index >= 15 is 0 Å². The summed E-state index contributed by atoms with van der Waals surface area (Å²) < 4.78 is 4.64. The number of β-amino-alcohol motifs (C(OH)–C–C–N with tert-alkyl or cyclic N) is 1. The zero-order valence-electron chi connectivity index (χ0n) is 8.44. The number of aliphatic carboxylic acids is 1. The molecule has 7 heteroatoms. The third-order valence-corrected chi connectivity index (χ3v) is 2.25. The molecule has 7 nitrogen and oxygen atoms in total. The first kappa shape index (κ1) is 12.5. The Morgan fingerprint density at radius 3 is 2.62 bits per heavy atom. The van der Waals surface area contributed by atoms with Gasteiger partial charge in [-0.05, 0) is 0 Å². The van der Waals surface area contributed by atoms with Crippen LogP contribution in [0.5, 0.6) is 0 Å². The number of rotatable bonds is 3. The van der Waals surface area contributed by atoms with Crippen molar-refractivity contribution in [3.05, 3.63) is 12.7 Å². The van der Waals surface area contributed by atoms with E-state index in [1.54, 1.807) is 0 Å². The molecule has 1 fully saturated rings. The summed E-state index contributed by atoms with van der Waals surface area (Å²) in [6.45, 7) is 3.00. The summed E-state index contributed by atoms with van der Waals surface area (Å²) in [5.74, 6) is -1.39. The molecule has 1 aliphatic heterocycles. The van der Waals surface area contributed by atoms with E-state index < -0.39 is 30.3 Å². The molecule has 1 rings (SSSR count). The van der Waals surface area contributed by atoms with E-state index in [0.717, 1.165) is 4.90 Å². The van der Waals surface area contributed by atoms with Crippen molar-refractivity contribution in [2.75, 3.05) is 13.2 Å². The molecule has 1 heterocycles. The lowest BCUT2D eigenvalue weighted by molar-refractivity contribution is -0.145. The minimum Gasteiger partial charge on any atom is -0.480 e. The number of carbonyl (C=O) groups is 2. The molecule has 0 aliphatic carbocycles. The van der Waals surface area contributed by atoms with E-state index in [4.69, 9.17) is 5.11 Å².